The van der Waals surface area contributed by atoms with Crippen molar-refractivity contribution in [3.05, 3.63) is 30.3 Å². The van der Waals surface area contributed by atoms with Gasteiger partial charge in [-0.15, -0.1) is 0 Å². The Morgan fingerprint density at radius 2 is 1.43 bits per heavy atom. The molecule has 1 saturated heterocycles. The standard InChI is InChI=1S/C21H29N3O3S/c25-20(22-21-13-16-10-17(14-21)12-18(11-16)15-21)23-6-8-24(9-7-23)28(26,27)19-4-2-1-3-5-19/h1-5,16-18H,6-15H2,(H,22,25). The first-order valence-corrected chi connectivity index (χ1v) is 12.0. The molecule has 1 heterocycles. The van der Waals surface area contributed by atoms with Crippen LogP contribution in [0.4, 0.5) is 4.79 Å². The number of sulfonamides is 1. The Morgan fingerprint density at radius 1 is 0.893 bits per heavy atom. The topological polar surface area (TPSA) is 69.7 Å². The lowest BCUT2D eigenvalue weighted by Crippen LogP contribution is -2.63. The van der Waals surface area contributed by atoms with Crippen LogP contribution in [-0.2, 0) is 10.0 Å². The third-order valence-corrected chi connectivity index (χ3v) is 9.23. The Balaban J connectivity index is 1.21. The van der Waals surface area contributed by atoms with Crippen LogP contribution in [0.2, 0.25) is 0 Å². The fraction of sp³-hybridized carbons (Fsp3) is 0.667. The van der Waals surface area contributed by atoms with E-state index in [0.29, 0.717) is 31.1 Å². The van der Waals surface area contributed by atoms with Crippen LogP contribution in [0.15, 0.2) is 35.2 Å². The minimum Gasteiger partial charge on any atom is -0.333 e. The van der Waals surface area contributed by atoms with Crippen molar-refractivity contribution < 1.29 is 13.2 Å². The SMILES string of the molecule is O=C(NC12CC3CC(CC(C3)C1)C2)N1CCN(S(=O)(=O)c2ccccc2)CC1. The van der Waals surface area contributed by atoms with Crippen molar-refractivity contribution in [1.82, 2.24) is 14.5 Å². The number of nitrogens with zero attached hydrogens (tertiary/aromatic N) is 2. The highest BCUT2D eigenvalue weighted by Gasteiger charge is 2.52. The molecule has 4 aliphatic carbocycles. The summed E-state index contributed by atoms with van der Waals surface area (Å²) in [7, 11) is -3.48. The van der Waals surface area contributed by atoms with Crippen molar-refractivity contribution in [3.63, 3.8) is 0 Å². The van der Waals surface area contributed by atoms with Crippen molar-refractivity contribution in [2.24, 2.45) is 17.8 Å². The summed E-state index contributed by atoms with van der Waals surface area (Å²) in [6.45, 7) is 1.60. The average molecular weight is 404 g/mol. The number of rotatable bonds is 3. The average Bonchev–Trinajstić information content (AvgIpc) is 2.67. The Hall–Kier alpha value is -1.60. The first-order valence-electron chi connectivity index (χ1n) is 10.6. The number of benzene rings is 1. The summed E-state index contributed by atoms with van der Waals surface area (Å²) in [5.41, 5.74) is -0.000910. The largest absolute Gasteiger partial charge is 0.333 e. The molecule has 0 spiro atoms. The minimum atomic E-state index is -3.48. The molecule has 0 aromatic heterocycles. The van der Waals surface area contributed by atoms with Gasteiger partial charge in [0.25, 0.3) is 0 Å². The lowest BCUT2D eigenvalue weighted by Gasteiger charge is -2.57. The number of carbonyl (C=O) groups is 1. The van der Waals surface area contributed by atoms with Gasteiger partial charge in [0, 0.05) is 31.7 Å². The molecule has 1 N–H and O–H groups in total. The number of piperazine rings is 1. The Bertz CT molecular complexity index is 812. The number of amides is 2. The molecule has 4 bridgehead atoms. The lowest BCUT2D eigenvalue weighted by molar-refractivity contribution is -0.0161. The molecule has 4 saturated carbocycles. The van der Waals surface area contributed by atoms with Gasteiger partial charge >= 0.3 is 6.03 Å². The summed E-state index contributed by atoms with van der Waals surface area (Å²) >= 11 is 0. The van der Waals surface area contributed by atoms with E-state index < -0.39 is 10.0 Å². The van der Waals surface area contributed by atoms with Gasteiger partial charge in [0.1, 0.15) is 0 Å². The molecule has 7 heteroatoms. The molecule has 1 aromatic rings. The predicted octanol–water partition coefficient (Wildman–Crippen LogP) is 2.67. The van der Waals surface area contributed by atoms with E-state index in [1.165, 1.54) is 23.6 Å². The molecule has 2 amide bonds. The zero-order chi connectivity index (χ0) is 19.4. The van der Waals surface area contributed by atoms with Crippen molar-refractivity contribution >= 4 is 16.1 Å². The molecule has 0 atom stereocenters. The van der Waals surface area contributed by atoms with Crippen LogP contribution in [0.1, 0.15) is 38.5 Å². The van der Waals surface area contributed by atoms with E-state index in [1.807, 2.05) is 6.07 Å². The van der Waals surface area contributed by atoms with Crippen LogP contribution in [0.5, 0.6) is 0 Å². The first-order chi connectivity index (χ1) is 13.4. The third-order valence-electron chi connectivity index (χ3n) is 7.32. The molecular weight excluding hydrogens is 374 g/mol. The van der Waals surface area contributed by atoms with Crippen molar-refractivity contribution in [1.29, 1.82) is 0 Å². The molecular formula is C21H29N3O3S. The van der Waals surface area contributed by atoms with E-state index >= 15 is 0 Å². The fourth-order valence-corrected chi connectivity index (χ4v) is 7.89. The van der Waals surface area contributed by atoms with E-state index in [1.54, 1.807) is 29.2 Å². The highest BCUT2D eigenvalue weighted by atomic mass is 32.2. The summed E-state index contributed by atoms with van der Waals surface area (Å²) in [5.74, 6) is 2.37. The van der Waals surface area contributed by atoms with E-state index in [2.05, 4.69) is 5.32 Å². The van der Waals surface area contributed by atoms with Gasteiger partial charge in [-0.05, 0) is 68.4 Å². The molecule has 6 nitrogen and oxygen atoms in total. The van der Waals surface area contributed by atoms with Gasteiger partial charge in [-0.3, -0.25) is 0 Å². The van der Waals surface area contributed by atoms with Crippen molar-refractivity contribution in [2.75, 3.05) is 26.2 Å². The fourth-order valence-electron chi connectivity index (χ4n) is 6.44. The van der Waals surface area contributed by atoms with Crippen LogP contribution in [0.3, 0.4) is 0 Å². The predicted molar refractivity (Wildman–Crippen MR) is 106 cm³/mol. The van der Waals surface area contributed by atoms with Gasteiger partial charge in [0.05, 0.1) is 4.90 Å². The molecule has 0 radical (unpaired) electrons. The summed E-state index contributed by atoms with van der Waals surface area (Å²) in [6, 6.07) is 8.54. The molecule has 5 fully saturated rings. The second-order valence-electron chi connectivity index (χ2n) is 9.33. The highest BCUT2D eigenvalue weighted by molar-refractivity contribution is 7.89. The Kier molecular flexibility index (Phi) is 4.43. The van der Waals surface area contributed by atoms with Gasteiger partial charge in [-0.2, -0.15) is 4.31 Å². The number of hydrogen-bond acceptors (Lipinski definition) is 3. The van der Waals surface area contributed by atoms with Crippen LogP contribution >= 0.6 is 0 Å². The van der Waals surface area contributed by atoms with Crippen molar-refractivity contribution in [3.8, 4) is 0 Å². The summed E-state index contributed by atoms with van der Waals surface area (Å²) in [5, 5.41) is 3.40. The molecule has 152 valence electrons. The Morgan fingerprint density at radius 3 is 1.96 bits per heavy atom. The molecule has 1 aromatic carbocycles. The van der Waals surface area contributed by atoms with Gasteiger partial charge < -0.3 is 10.2 Å². The van der Waals surface area contributed by atoms with Crippen LogP contribution in [-0.4, -0.2) is 55.4 Å². The minimum absolute atomic E-state index is 0.000910. The van der Waals surface area contributed by atoms with Gasteiger partial charge in [-0.25, -0.2) is 13.2 Å². The molecule has 6 rings (SSSR count). The second-order valence-corrected chi connectivity index (χ2v) is 11.3. The van der Waals surface area contributed by atoms with E-state index in [9.17, 15) is 13.2 Å². The lowest BCUT2D eigenvalue weighted by atomic mass is 9.53. The Labute approximate surface area is 167 Å². The zero-order valence-electron chi connectivity index (χ0n) is 16.2. The van der Waals surface area contributed by atoms with Crippen LogP contribution in [0, 0.1) is 17.8 Å². The maximum Gasteiger partial charge on any atom is 0.317 e. The van der Waals surface area contributed by atoms with Gasteiger partial charge in [0.15, 0.2) is 0 Å². The summed E-state index contributed by atoms with van der Waals surface area (Å²) in [6.07, 6.45) is 7.45. The quantitative estimate of drug-likeness (QED) is 0.844. The number of hydrogen-bond donors (Lipinski definition) is 1. The van der Waals surface area contributed by atoms with E-state index in [0.717, 1.165) is 37.0 Å². The summed E-state index contributed by atoms with van der Waals surface area (Å²) < 4.78 is 27.0. The summed E-state index contributed by atoms with van der Waals surface area (Å²) in [4.78, 5) is 15.1. The molecule has 5 aliphatic rings. The number of nitrogens with one attached hydrogen (secondary N) is 1. The number of carbonyl (C=O) groups excluding carboxylic acids is 1. The monoisotopic (exact) mass is 403 g/mol. The molecule has 0 unspecified atom stereocenters. The highest BCUT2D eigenvalue weighted by Crippen LogP contribution is 2.55. The van der Waals surface area contributed by atoms with Crippen LogP contribution < -0.4 is 5.32 Å². The van der Waals surface area contributed by atoms with E-state index in [-0.39, 0.29) is 11.6 Å². The third kappa shape index (κ3) is 3.22. The normalized spacial score (nSPS) is 35.1. The molecule has 1 aliphatic heterocycles. The zero-order valence-corrected chi connectivity index (χ0v) is 17.0. The smallest absolute Gasteiger partial charge is 0.317 e. The van der Waals surface area contributed by atoms with E-state index in [4.69, 9.17) is 0 Å². The van der Waals surface area contributed by atoms with Gasteiger partial charge in [0.2, 0.25) is 10.0 Å². The second kappa shape index (κ2) is 6.73. The van der Waals surface area contributed by atoms with Crippen molar-refractivity contribution in [2.45, 2.75) is 49.0 Å². The maximum atomic E-state index is 13.0. The molecule has 28 heavy (non-hydrogen) atoms. The number of urea groups is 1. The van der Waals surface area contributed by atoms with Crippen LogP contribution in [0.25, 0.3) is 0 Å². The van der Waals surface area contributed by atoms with Gasteiger partial charge in [-0.1, -0.05) is 18.2 Å². The first kappa shape index (κ1) is 18.4. The maximum absolute atomic E-state index is 13.0.